The predicted molar refractivity (Wildman–Crippen MR) is 82.5 cm³/mol. The van der Waals surface area contributed by atoms with Crippen LogP contribution in [0.5, 0.6) is 0 Å². The van der Waals surface area contributed by atoms with Crippen LogP contribution >= 0.6 is 0 Å². The molecule has 2 saturated heterocycles. The maximum absolute atomic E-state index is 12.4. The van der Waals surface area contributed by atoms with Crippen molar-refractivity contribution in [3.8, 4) is 0 Å². The van der Waals surface area contributed by atoms with Gasteiger partial charge in [-0.25, -0.2) is 0 Å². The average Bonchev–Trinajstić information content (AvgIpc) is 2.51. The lowest BCUT2D eigenvalue weighted by Gasteiger charge is -2.38. The second-order valence-electron chi connectivity index (χ2n) is 6.78. The molecule has 0 aliphatic carbocycles. The first-order valence-corrected chi connectivity index (χ1v) is 8.64. The minimum absolute atomic E-state index is 0.0541. The van der Waals surface area contributed by atoms with E-state index in [0.29, 0.717) is 39.3 Å². The third kappa shape index (κ3) is 8.57. The molecule has 2 fully saturated rings. The van der Waals surface area contributed by atoms with Crippen molar-refractivity contribution >= 4 is 0 Å². The van der Waals surface area contributed by atoms with Crippen molar-refractivity contribution in [2.45, 2.75) is 18.8 Å². The molecule has 10 heteroatoms. The highest BCUT2D eigenvalue weighted by molar-refractivity contribution is 4.77. The highest BCUT2D eigenvalue weighted by Crippen LogP contribution is 2.20. The number of hydrogen-bond donors (Lipinski definition) is 0. The fourth-order valence-corrected chi connectivity index (χ4v) is 3.23. The summed E-state index contributed by atoms with van der Waals surface area (Å²) in [7, 11) is 0. The molecule has 25 heavy (non-hydrogen) atoms. The Labute approximate surface area is 144 Å². The fourth-order valence-electron chi connectivity index (χ4n) is 3.23. The Balaban J connectivity index is 1.56. The summed E-state index contributed by atoms with van der Waals surface area (Å²) in [5.41, 5.74) is 0. The lowest BCUT2D eigenvalue weighted by Crippen LogP contribution is -2.52. The van der Waals surface area contributed by atoms with Crippen molar-refractivity contribution < 1.29 is 26.3 Å². The van der Waals surface area contributed by atoms with Gasteiger partial charge in [0.1, 0.15) is 0 Å². The van der Waals surface area contributed by atoms with Crippen molar-refractivity contribution in [3.05, 3.63) is 0 Å². The molecular formula is C15H26F6N4. The Bertz CT molecular complexity index is 384. The molecule has 4 nitrogen and oxygen atoms in total. The minimum Gasteiger partial charge on any atom is -0.300 e. The minimum atomic E-state index is -4.14. The molecule has 0 saturated carbocycles. The second kappa shape index (κ2) is 8.88. The molecule has 0 spiro atoms. The fraction of sp³-hybridized carbons (Fsp3) is 1.00. The standard InChI is InChI=1S/C15H26F6N4/c16-14(17,18)1-2-22-3-5-23(6-4-22)7-8-24-9-11-25(12-10-24)13-15(19,20)21/h1-13H2. The number of alkyl halides is 6. The van der Waals surface area contributed by atoms with Crippen LogP contribution in [0.25, 0.3) is 0 Å². The van der Waals surface area contributed by atoms with Gasteiger partial charge < -0.3 is 4.90 Å². The zero-order chi connectivity index (χ0) is 18.5. The van der Waals surface area contributed by atoms with E-state index in [-0.39, 0.29) is 6.54 Å². The van der Waals surface area contributed by atoms with Gasteiger partial charge in [0, 0.05) is 72.0 Å². The van der Waals surface area contributed by atoms with Crippen molar-refractivity contribution in [2.75, 3.05) is 78.5 Å². The van der Waals surface area contributed by atoms with Crippen LogP contribution in [-0.4, -0.2) is 110 Å². The predicted octanol–water partition coefficient (Wildman–Crippen LogP) is 1.74. The van der Waals surface area contributed by atoms with Crippen LogP contribution in [0.15, 0.2) is 0 Å². The molecule has 0 radical (unpaired) electrons. The smallest absolute Gasteiger partial charge is 0.300 e. The topological polar surface area (TPSA) is 13.0 Å². The molecule has 2 heterocycles. The monoisotopic (exact) mass is 376 g/mol. The van der Waals surface area contributed by atoms with E-state index in [1.807, 2.05) is 4.90 Å². The summed E-state index contributed by atoms with van der Waals surface area (Å²) in [5.74, 6) is 0. The van der Waals surface area contributed by atoms with E-state index in [1.54, 1.807) is 0 Å². The Hall–Kier alpha value is -0.580. The molecule has 0 atom stereocenters. The van der Waals surface area contributed by atoms with Gasteiger partial charge in [-0.05, 0) is 0 Å². The lowest BCUT2D eigenvalue weighted by molar-refractivity contribution is -0.149. The van der Waals surface area contributed by atoms with Crippen molar-refractivity contribution in [1.82, 2.24) is 19.6 Å². The number of piperazine rings is 2. The average molecular weight is 376 g/mol. The van der Waals surface area contributed by atoms with Gasteiger partial charge in [0.25, 0.3) is 0 Å². The van der Waals surface area contributed by atoms with Crippen molar-refractivity contribution in [1.29, 1.82) is 0 Å². The number of rotatable bonds is 6. The lowest BCUT2D eigenvalue weighted by atomic mass is 10.2. The van der Waals surface area contributed by atoms with Gasteiger partial charge in [0.2, 0.25) is 0 Å². The molecular weight excluding hydrogens is 350 g/mol. The molecule has 2 aliphatic heterocycles. The van der Waals surface area contributed by atoms with Crippen LogP contribution in [0, 0.1) is 0 Å². The summed E-state index contributed by atoms with van der Waals surface area (Å²) in [5, 5.41) is 0. The molecule has 0 unspecified atom stereocenters. The van der Waals surface area contributed by atoms with Crippen LogP contribution in [-0.2, 0) is 0 Å². The van der Waals surface area contributed by atoms with E-state index in [4.69, 9.17) is 0 Å². The van der Waals surface area contributed by atoms with Gasteiger partial charge in [-0.3, -0.25) is 14.7 Å². The Morgan fingerprint density at radius 1 is 0.480 bits per heavy atom. The van der Waals surface area contributed by atoms with Crippen LogP contribution in [0.2, 0.25) is 0 Å². The maximum atomic E-state index is 12.4. The maximum Gasteiger partial charge on any atom is 0.401 e. The zero-order valence-electron chi connectivity index (χ0n) is 14.2. The van der Waals surface area contributed by atoms with Crippen molar-refractivity contribution in [3.63, 3.8) is 0 Å². The van der Waals surface area contributed by atoms with Gasteiger partial charge >= 0.3 is 12.4 Å². The molecule has 0 bridgehead atoms. The summed E-state index contributed by atoms with van der Waals surface area (Å²) in [4.78, 5) is 7.63. The third-order valence-corrected chi connectivity index (χ3v) is 4.78. The Kier molecular flexibility index (Phi) is 7.36. The highest BCUT2D eigenvalue weighted by Gasteiger charge is 2.32. The van der Waals surface area contributed by atoms with E-state index in [2.05, 4.69) is 9.80 Å². The quantitative estimate of drug-likeness (QED) is 0.655. The van der Waals surface area contributed by atoms with Gasteiger partial charge in [-0.15, -0.1) is 0 Å². The van der Waals surface area contributed by atoms with Crippen LogP contribution in [0.4, 0.5) is 26.3 Å². The summed E-state index contributed by atoms with van der Waals surface area (Å²) in [6.07, 6.45) is -9.02. The summed E-state index contributed by atoms with van der Waals surface area (Å²) < 4.78 is 73.7. The summed E-state index contributed by atoms with van der Waals surface area (Å²) >= 11 is 0. The molecule has 0 aromatic heterocycles. The summed E-state index contributed by atoms with van der Waals surface area (Å²) in [6, 6.07) is 0. The zero-order valence-corrected chi connectivity index (χ0v) is 14.2. The first-order valence-electron chi connectivity index (χ1n) is 8.64. The molecule has 2 aliphatic rings. The number of hydrogen-bond acceptors (Lipinski definition) is 4. The second-order valence-corrected chi connectivity index (χ2v) is 6.78. The number of nitrogens with zero attached hydrogens (tertiary/aromatic N) is 4. The summed E-state index contributed by atoms with van der Waals surface area (Å²) in [6.45, 7) is 5.66. The number of halogens is 6. The normalized spacial score (nSPS) is 23.3. The Morgan fingerprint density at radius 2 is 0.840 bits per heavy atom. The molecule has 148 valence electrons. The van der Waals surface area contributed by atoms with Gasteiger partial charge in [-0.2, -0.15) is 26.3 Å². The van der Waals surface area contributed by atoms with Gasteiger partial charge in [-0.1, -0.05) is 0 Å². The van der Waals surface area contributed by atoms with E-state index in [0.717, 1.165) is 26.2 Å². The highest BCUT2D eigenvalue weighted by atomic mass is 19.4. The van der Waals surface area contributed by atoms with E-state index >= 15 is 0 Å². The van der Waals surface area contributed by atoms with Crippen LogP contribution in [0.1, 0.15) is 6.42 Å². The SMILES string of the molecule is FC(F)(F)CCN1CCN(CCN2CCN(CC(F)(F)F)CC2)CC1. The van der Waals surface area contributed by atoms with Gasteiger partial charge in [0.15, 0.2) is 0 Å². The third-order valence-electron chi connectivity index (χ3n) is 4.78. The molecule has 0 amide bonds. The molecule has 0 aromatic rings. The molecule has 2 rings (SSSR count). The first-order chi connectivity index (χ1) is 11.6. The van der Waals surface area contributed by atoms with Crippen molar-refractivity contribution in [2.24, 2.45) is 0 Å². The molecule has 0 N–H and O–H groups in total. The van der Waals surface area contributed by atoms with E-state index in [9.17, 15) is 26.3 Å². The van der Waals surface area contributed by atoms with Crippen LogP contribution in [0.3, 0.4) is 0 Å². The Morgan fingerprint density at radius 3 is 1.20 bits per heavy atom. The largest absolute Gasteiger partial charge is 0.401 e. The molecule has 0 aromatic carbocycles. The van der Waals surface area contributed by atoms with E-state index in [1.165, 1.54) is 4.90 Å². The van der Waals surface area contributed by atoms with Gasteiger partial charge in [0.05, 0.1) is 13.0 Å². The first kappa shape index (κ1) is 20.7. The van der Waals surface area contributed by atoms with Crippen LogP contribution < -0.4 is 0 Å². The van der Waals surface area contributed by atoms with E-state index < -0.39 is 25.3 Å².